The van der Waals surface area contributed by atoms with Gasteiger partial charge in [0.1, 0.15) is 11.9 Å². The molecule has 1 aromatic carbocycles. The molecule has 1 N–H and O–H groups in total. The number of hydrogen-bond donors (Lipinski definition) is 1. The molecular weight excluding hydrogens is 326 g/mol. The van der Waals surface area contributed by atoms with E-state index in [2.05, 4.69) is 67.1 Å². The lowest BCUT2D eigenvalue weighted by atomic mass is 9.58. The van der Waals surface area contributed by atoms with Gasteiger partial charge in [-0.1, -0.05) is 36.7 Å². The van der Waals surface area contributed by atoms with E-state index in [9.17, 15) is 0 Å². The Morgan fingerprint density at radius 3 is 2.57 bits per heavy atom. The quantitative estimate of drug-likeness (QED) is 0.737. The first-order chi connectivity index (χ1) is 10.1. The number of benzene rings is 1. The van der Waals surface area contributed by atoms with Crippen LogP contribution in [-0.2, 0) is 0 Å². The van der Waals surface area contributed by atoms with Crippen molar-refractivity contribution in [3.63, 3.8) is 0 Å². The van der Waals surface area contributed by atoms with Crippen LogP contribution in [0.1, 0.15) is 52.0 Å². The number of rotatable bonds is 7. The fourth-order valence-electron chi connectivity index (χ4n) is 3.57. The van der Waals surface area contributed by atoms with Crippen LogP contribution in [0.15, 0.2) is 22.7 Å². The minimum atomic E-state index is 0.288. The van der Waals surface area contributed by atoms with Crippen molar-refractivity contribution in [3.8, 4) is 5.75 Å². The molecule has 0 bridgehead atoms. The van der Waals surface area contributed by atoms with Gasteiger partial charge in [-0.05, 0) is 56.5 Å². The lowest BCUT2D eigenvalue weighted by Gasteiger charge is -2.55. The summed E-state index contributed by atoms with van der Waals surface area (Å²) < 4.78 is 7.48. The van der Waals surface area contributed by atoms with Gasteiger partial charge in [-0.2, -0.15) is 0 Å². The second-order valence-electron chi connectivity index (χ2n) is 6.20. The molecule has 1 fully saturated rings. The molecule has 2 rings (SSSR count). The van der Waals surface area contributed by atoms with Gasteiger partial charge in [0.25, 0.3) is 0 Å². The van der Waals surface area contributed by atoms with Crippen molar-refractivity contribution >= 4 is 15.9 Å². The highest BCUT2D eigenvalue weighted by Gasteiger charge is 2.53. The molecule has 0 aliphatic heterocycles. The molecule has 0 radical (unpaired) electrons. The molecule has 21 heavy (non-hydrogen) atoms. The van der Waals surface area contributed by atoms with E-state index in [0.717, 1.165) is 23.2 Å². The summed E-state index contributed by atoms with van der Waals surface area (Å²) in [7, 11) is 0. The van der Waals surface area contributed by atoms with Gasteiger partial charge in [0.15, 0.2) is 0 Å². The SMILES string of the molecule is CCCNC1CC(Oc2ccc(Br)c(C)c2)C1(CC)CC. The minimum absolute atomic E-state index is 0.288. The molecule has 0 spiro atoms. The maximum atomic E-state index is 6.33. The predicted octanol–water partition coefficient (Wildman–Crippen LogP) is 5.08. The van der Waals surface area contributed by atoms with Crippen LogP contribution in [0.4, 0.5) is 0 Å². The van der Waals surface area contributed by atoms with E-state index in [4.69, 9.17) is 4.74 Å². The van der Waals surface area contributed by atoms with Gasteiger partial charge in [0.05, 0.1) is 0 Å². The fraction of sp³-hybridized carbons (Fsp3) is 0.667. The van der Waals surface area contributed by atoms with Crippen molar-refractivity contribution in [1.29, 1.82) is 0 Å². The second kappa shape index (κ2) is 7.15. The summed E-state index contributed by atoms with van der Waals surface area (Å²) in [6, 6.07) is 6.89. The van der Waals surface area contributed by atoms with Crippen LogP contribution in [0.2, 0.25) is 0 Å². The number of hydrogen-bond acceptors (Lipinski definition) is 2. The zero-order valence-electron chi connectivity index (χ0n) is 13.7. The summed E-state index contributed by atoms with van der Waals surface area (Å²) in [6.45, 7) is 10.0. The molecule has 118 valence electrons. The Morgan fingerprint density at radius 2 is 2.00 bits per heavy atom. The average molecular weight is 354 g/mol. The van der Waals surface area contributed by atoms with E-state index in [1.165, 1.54) is 24.8 Å². The molecule has 1 aliphatic rings. The average Bonchev–Trinajstić information content (AvgIpc) is 2.47. The van der Waals surface area contributed by atoms with Crippen LogP contribution < -0.4 is 10.1 Å². The van der Waals surface area contributed by atoms with Gasteiger partial charge in [-0.15, -0.1) is 0 Å². The summed E-state index contributed by atoms with van der Waals surface area (Å²) in [5.41, 5.74) is 1.52. The molecular formula is C18H28BrNO. The maximum absolute atomic E-state index is 6.33. The Hall–Kier alpha value is -0.540. The highest BCUT2D eigenvalue weighted by molar-refractivity contribution is 9.10. The first-order valence-corrected chi connectivity index (χ1v) is 9.02. The van der Waals surface area contributed by atoms with Crippen molar-refractivity contribution in [1.82, 2.24) is 5.32 Å². The Bertz CT molecular complexity index is 470. The molecule has 0 aromatic heterocycles. The normalized spacial score (nSPS) is 23.7. The van der Waals surface area contributed by atoms with Crippen LogP contribution in [0.5, 0.6) is 5.75 Å². The van der Waals surface area contributed by atoms with Crippen molar-refractivity contribution < 1.29 is 4.74 Å². The smallest absolute Gasteiger partial charge is 0.120 e. The van der Waals surface area contributed by atoms with Crippen molar-refractivity contribution in [2.24, 2.45) is 5.41 Å². The molecule has 1 aromatic rings. The first-order valence-electron chi connectivity index (χ1n) is 8.23. The van der Waals surface area contributed by atoms with Crippen LogP contribution in [-0.4, -0.2) is 18.7 Å². The van der Waals surface area contributed by atoms with Crippen LogP contribution in [0.3, 0.4) is 0 Å². The molecule has 1 saturated carbocycles. The second-order valence-corrected chi connectivity index (χ2v) is 7.05. The molecule has 2 nitrogen and oxygen atoms in total. The first kappa shape index (κ1) is 16.8. The van der Waals surface area contributed by atoms with Crippen molar-refractivity contribution in [2.45, 2.75) is 65.5 Å². The summed E-state index contributed by atoms with van der Waals surface area (Å²) in [5, 5.41) is 3.71. The van der Waals surface area contributed by atoms with Gasteiger partial charge >= 0.3 is 0 Å². The van der Waals surface area contributed by atoms with Crippen LogP contribution in [0, 0.1) is 12.3 Å². The maximum Gasteiger partial charge on any atom is 0.120 e. The Balaban J connectivity index is 2.07. The summed E-state index contributed by atoms with van der Waals surface area (Å²) in [5.74, 6) is 1.00. The third kappa shape index (κ3) is 3.29. The van der Waals surface area contributed by atoms with E-state index in [-0.39, 0.29) is 5.41 Å². The van der Waals surface area contributed by atoms with Gasteiger partial charge in [0, 0.05) is 22.4 Å². The van der Waals surface area contributed by atoms with Gasteiger partial charge in [-0.25, -0.2) is 0 Å². The Morgan fingerprint density at radius 1 is 1.29 bits per heavy atom. The van der Waals surface area contributed by atoms with Crippen LogP contribution in [0.25, 0.3) is 0 Å². The van der Waals surface area contributed by atoms with Gasteiger partial charge in [-0.3, -0.25) is 0 Å². The zero-order chi connectivity index (χ0) is 15.5. The van der Waals surface area contributed by atoms with Gasteiger partial charge in [0.2, 0.25) is 0 Å². The van der Waals surface area contributed by atoms with E-state index in [1.807, 2.05) is 0 Å². The highest BCUT2D eigenvalue weighted by Crippen LogP contribution is 2.49. The largest absolute Gasteiger partial charge is 0.490 e. The van der Waals surface area contributed by atoms with E-state index in [1.54, 1.807) is 0 Å². The summed E-state index contributed by atoms with van der Waals surface area (Å²) >= 11 is 3.55. The fourth-order valence-corrected chi connectivity index (χ4v) is 3.82. The molecule has 1 aliphatic carbocycles. The molecule has 3 heteroatoms. The Labute approximate surface area is 137 Å². The molecule has 0 saturated heterocycles. The molecule has 0 amide bonds. The predicted molar refractivity (Wildman–Crippen MR) is 93.0 cm³/mol. The van der Waals surface area contributed by atoms with Gasteiger partial charge < -0.3 is 10.1 Å². The number of aryl methyl sites for hydroxylation is 1. The molecule has 2 atom stereocenters. The molecule has 2 unspecified atom stereocenters. The van der Waals surface area contributed by atoms with Crippen LogP contribution >= 0.6 is 15.9 Å². The third-order valence-electron chi connectivity index (χ3n) is 5.15. The third-order valence-corrected chi connectivity index (χ3v) is 6.04. The van der Waals surface area contributed by atoms with Crippen molar-refractivity contribution in [2.75, 3.05) is 6.54 Å². The topological polar surface area (TPSA) is 21.3 Å². The monoisotopic (exact) mass is 353 g/mol. The van der Waals surface area contributed by atoms with E-state index >= 15 is 0 Å². The van der Waals surface area contributed by atoms with E-state index in [0.29, 0.717) is 12.1 Å². The Kier molecular flexibility index (Phi) is 5.73. The highest BCUT2D eigenvalue weighted by atomic mass is 79.9. The number of nitrogens with one attached hydrogen (secondary N) is 1. The number of ether oxygens (including phenoxy) is 1. The lowest BCUT2D eigenvalue weighted by Crippen LogP contribution is -2.64. The summed E-state index contributed by atoms with van der Waals surface area (Å²) in [4.78, 5) is 0. The molecule has 0 heterocycles. The number of halogens is 1. The summed E-state index contributed by atoms with van der Waals surface area (Å²) in [6.07, 6.45) is 4.99. The lowest BCUT2D eigenvalue weighted by molar-refractivity contribution is -0.0858. The van der Waals surface area contributed by atoms with Crippen molar-refractivity contribution in [3.05, 3.63) is 28.2 Å². The standard InChI is InChI=1S/C18H28BrNO/c1-5-10-20-16-12-17(18(16,6-2)7-3)21-14-8-9-15(19)13(4)11-14/h8-9,11,16-17,20H,5-7,10,12H2,1-4H3. The minimum Gasteiger partial charge on any atom is -0.490 e. The zero-order valence-corrected chi connectivity index (χ0v) is 15.3. The van der Waals surface area contributed by atoms with E-state index < -0.39 is 0 Å².